The molecular weight excluding hydrogens is 592 g/mol. The lowest BCUT2D eigenvalue weighted by molar-refractivity contribution is -0.151. The van der Waals surface area contributed by atoms with Crippen LogP contribution in [0.25, 0.3) is 0 Å². The number of piperazine rings is 1. The number of carbonyl (C=O) groups excluding carboxylic acids is 2. The number of rotatable bonds is 10. The molecule has 0 aromatic carbocycles. The quantitative estimate of drug-likeness (QED) is 0.180. The standard InChI is InChI=1S/C35H58N2O9/c1-9-27(43-8)25(4)32-28(44-32)22-34(5,41)15-10-11-23(2)31-24(3)12-13-29(45-33(40)37-19-17-36(7)18-20-37)35(6,42)16-14-26(38)21-30(39)46-31/h11-13,24,26-29,31,38,41-42H,9-10,14-22H2,1-8H3. The highest BCUT2D eigenvalue weighted by molar-refractivity contribution is 5.70. The summed E-state index contributed by atoms with van der Waals surface area (Å²) in [5.41, 5.74) is -0.566. The molecule has 8 unspecified atom stereocenters. The van der Waals surface area contributed by atoms with E-state index in [1.807, 2.05) is 40.0 Å². The number of hydrogen-bond donors (Lipinski definition) is 3. The molecule has 46 heavy (non-hydrogen) atoms. The molecule has 3 aliphatic heterocycles. The van der Waals surface area contributed by atoms with Gasteiger partial charge in [0.25, 0.3) is 0 Å². The highest BCUT2D eigenvalue weighted by atomic mass is 16.6. The number of likely N-dealkylation sites (N-methyl/N-ethyl adjacent to an activating group) is 1. The molecule has 0 spiro atoms. The Kier molecular flexibility index (Phi) is 13.7. The zero-order chi connectivity index (χ0) is 34.2. The van der Waals surface area contributed by atoms with Gasteiger partial charge in [0.05, 0.1) is 24.2 Å². The minimum atomic E-state index is -1.46. The first-order valence-corrected chi connectivity index (χ1v) is 16.8. The van der Waals surface area contributed by atoms with Crippen LogP contribution in [0.4, 0.5) is 4.79 Å². The number of aliphatic hydroxyl groups is 3. The molecule has 3 heterocycles. The SMILES string of the molecule is CCC(OC)C(C)=C1OC1CC(C)(O)CCC=C(C)C1OC(=O)CC(O)CCC(C)(O)C(OC(=O)N2CCN(C)CC2)C=CC1C. The van der Waals surface area contributed by atoms with Crippen LogP contribution in [0.1, 0.15) is 86.5 Å². The minimum absolute atomic E-state index is 0.00625. The van der Waals surface area contributed by atoms with Crippen molar-refractivity contribution in [2.45, 2.75) is 128 Å². The number of nitrogens with zero attached hydrogens (tertiary/aromatic N) is 2. The fourth-order valence-electron chi connectivity index (χ4n) is 6.26. The molecular formula is C35H58N2O9. The summed E-state index contributed by atoms with van der Waals surface area (Å²) in [5.74, 6) is 0.0358. The van der Waals surface area contributed by atoms with Crippen LogP contribution in [0.15, 0.2) is 35.1 Å². The van der Waals surface area contributed by atoms with Gasteiger partial charge in [0.15, 0.2) is 12.2 Å². The van der Waals surface area contributed by atoms with E-state index in [9.17, 15) is 24.9 Å². The van der Waals surface area contributed by atoms with Crippen molar-refractivity contribution in [3.63, 3.8) is 0 Å². The zero-order valence-electron chi connectivity index (χ0n) is 29.2. The summed E-state index contributed by atoms with van der Waals surface area (Å²) >= 11 is 0. The van der Waals surface area contributed by atoms with Crippen molar-refractivity contribution < 1.29 is 43.9 Å². The summed E-state index contributed by atoms with van der Waals surface area (Å²) in [6.45, 7) is 13.8. The molecule has 3 rings (SSSR count). The van der Waals surface area contributed by atoms with Crippen LogP contribution in [-0.4, -0.2) is 119 Å². The summed E-state index contributed by atoms with van der Waals surface area (Å²) in [7, 11) is 3.69. The van der Waals surface area contributed by atoms with E-state index in [0.717, 1.165) is 36.4 Å². The van der Waals surface area contributed by atoms with Gasteiger partial charge in [-0.25, -0.2) is 4.79 Å². The molecule has 0 bridgehead atoms. The Hall–Kier alpha value is -2.44. The third kappa shape index (κ3) is 11.1. The van der Waals surface area contributed by atoms with Crippen LogP contribution in [0.5, 0.6) is 0 Å². The van der Waals surface area contributed by atoms with E-state index in [0.29, 0.717) is 32.4 Å². The summed E-state index contributed by atoms with van der Waals surface area (Å²) < 4.78 is 23.0. The number of aliphatic hydroxyl groups excluding tert-OH is 1. The summed E-state index contributed by atoms with van der Waals surface area (Å²) in [4.78, 5) is 29.7. The fraction of sp³-hybridized carbons (Fsp3) is 0.771. The molecule has 0 aromatic heterocycles. The molecule has 3 aliphatic rings. The number of methoxy groups -OCH3 is 1. The van der Waals surface area contributed by atoms with Gasteiger partial charge in [-0.2, -0.15) is 0 Å². The lowest BCUT2D eigenvalue weighted by Gasteiger charge is -2.36. The number of amides is 1. The molecule has 11 heteroatoms. The second-order valence-electron chi connectivity index (χ2n) is 14.0. The van der Waals surface area contributed by atoms with Crippen molar-refractivity contribution in [3.05, 3.63) is 35.1 Å². The number of esters is 1. The molecule has 2 saturated heterocycles. The lowest BCUT2D eigenvalue weighted by atomic mass is 9.88. The van der Waals surface area contributed by atoms with E-state index >= 15 is 0 Å². The Bertz CT molecular complexity index is 1120. The largest absolute Gasteiger partial charge is 0.483 e. The topological polar surface area (TPSA) is 142 Å². The lowest BCUT2D eigenvalue weighted by Crippen LogP contribution is -2.50. The van der Waals surface area contributed by atoms with E-state index in [2.05, 4.69) is 11.8 Å². The minimum Gasteiger partial charge on any atom is -0.483 e. The van der Waals surface area contributed by atoms with Crippen LogP contribution in [0.3, 0.4) is 0 Å². The van der Waals surface area contributed by atoms with Gasteiger partial charge >= 0.3 is 12.1 Å². The average Bonchev–Trinajstić information content (AvgIpc) is 3.75. The van der Waals surface area contributed by atoms with Gasteiger partial charge in [0, 0.05) is 45.6 Å². The molecule has 8 atom stereocenters. The highest BCUT2D eigenvalue weighted by Crippen LogP contribution is 2.39. The van der Waals surface area contributed by atoms with E-state index in [4.69, 9.17) is 18.9 Å². The Morgan fingerprint density at radius 3 is 2.52 bits per heavy atom. The number of allylic oxidation sites excluding steroid dienone is 1. The van der Waals surface area contributed by atoms with Gasteiger partial charge in [-0.3, -0.25) is 4.79 Å². The van der Waals surface area contributed by atoms with E-state index in [-0.39, 0.29) is 37.4 Å². The van der Waals surface area contributed by atoms with Gasteiger partial charge in [0.2, 0.25) is 0 Å². The summed E-state index contributed by atoms with van der Waals surface area (Å²) in [6.07, 6.45) is 4.59. The van der Waals surface area contributed by atoms with Crippen molar-refractivity contribution in [3.8, 4) is 0 Å². The van der Waals surface area contributed by atoms with Crippen LogP contribution in [0, 0.1) is 5.92 Å². The number of ether oxygens (including phenoxy) is 4. The number of epoxide rings is 1. The molecule has 262 valence electrons. The number of carbonyl (C=O) groups is 2. The van der Waals surface area contributed by atoms with Crippen molar-refractivity contribution in [1.82, 2.24) is 9.80 Å². The Morgan fingerprint density at radius 1 is 1.22 bits per heavy atom. The molecule has 0 aliphatic carbocycles. The maximum atomic E-state index is 13.1. The first-order valence-electron chi connectivity index (χ1n) is 16.8. The molecule has 0 radical (unpaired) electrons. The molecule has 3 N–H and O–H groups in total. The normalized spacial score (nSPS) is 33.1. The van der Waals surface area contributed by atoms with E-state index < -0.39 is 41.6 Å². The van der Waals surface area contributed by atoms with E-state index in [1.54, 1.807) is 31.9 Å². The maximum Gasteiger partial charge on any atom is 0.410 e. The molecule has 0 aromatic rings. The van der Waals surface area contributed by atoms with Crippen molar-refractivity contribution in [2.75, 3.05) is 40.3 Å². The third-order valence-corrected chi connectivity index (χ3v) is 9.57. The van der Waals surface area contributed by atoms with Crippen LogP contribution in [-0.2, 0) is 23.7 Å². The summed E-state index contributed by atoms with van der Waals surface area (Å²) in [5, 5.41) is 33.1. The first kappa shape index (κ1) is 38.0. The van der Waals surface area contributed by atoms with Gasteiger partial charge in [-0.1, -0.05) is 26.0 Å². The molecule has 0 saturated carbocycles. The molecule has 2 fully saturated rings. The smallest absolute Gasteiger partial charge is 0.410 e. The summed E-state index contributed by atoms with van der Waals surface area (Å²) in [6, 6.07) is 0. The monoisotopic (exact) mass is 650 g/mol. The molecule has 1 amide bonds. The molecule has 11 nitrogen and oxygen atoms in total. The Balaban J connectivity index is 1.71. The Morgan fingerprint density at radius 2 is 1.89 bits per heavy atom. The van der Waals surface area contributed by atoms with E-state index in [1.165, 1.54) is 0 Å². The Labute approximate surface area is 275 Å². The van der Waals surface area contributed by atoms with Crippen LogP contribution in [0.2, 0.25) is 0 Å². The van der Waals surface area contributed by atoms with Gasteiger partial charge in [0.1, 0.15) is 17.5 Å². The van der Waals surface area contributed by atoms with Gasteiger partial charge in [-0.15, -0.1) is 0 Å². The van der Waals surface area contributed by atoms with Crippen molar-refractivity contribution in [1.29, 1.82) is 0 Å². The zero-order valence-corrected chi connectivity index (χ0v) is 29.2. The number of hydrogen-bond acceptors (Lipinski definition) is 10. The van der Waals surface area contributed by atoms with Crippen molar-refractivity contribution in [2.24, 2.45) is 5.92 Å². The van der Waals surface area contributed by atoms with Crippen molar-refractivity contribution >= 4 is 12.1 Å². The van der Waals surface area contributed by atoms with Gasteiger partial charge < -0.3 is 44.1 Å². The maximum absolute atomic E-state index is 13.1. The predicted octanol–water partition coefficient (Wildman–Crippen LogP) is 4.10. The number of cyclic esters (lactones) is 1. The van der Waals surface area contributed by atoms with Crippen LogP contribution >= 0.6 is 0 Å². The second kappa shape index (κ2) is 16.6. The highest BCUT2D eigenvalue weighted by Gasteiger charge is 2.41. The second-order valence-corrected chi connectivity index (χ2v) is 14.0. The van der Waals surface area contributed by atoms with Gasteiger partial charge in [-0.05, 0) is 84.1 Å². The predicted molar refractivity (Wildman–Crippen MR) is 175 cm³/mol. The van der Waals surface area contributed by atoms with Crippen LogP contribution < -0.4 is 0 Å². The average molecular weight is 651 g/mol. The first-order chi connectivity index (χ1) is 21.6. The third-order valence-electron chi connectivity index (χ3n) is 9.57. The fourth-order valence-corrected chi connectivity index (χ4v) is 6.26.